The second-order valence-corrected chi connectivity index (χ2v) is 8.96. The fourth-order valence-electron chi connectivity index (χ4n) is 3.69. The number of amides is 1. The van der Waals surface area contributed by atoms with Crippen molar-refractivity contribution in [1.29, 1.82) is 0 Å². The van der Waals surface area contributed by atoms with Crippen molar-refractivity contribution in [3.05, 3.63) is 20.8 Å². The fraction of sp³-hybridized carbons (Fsp3) is 0.611. The Morgan fingerprint density at radius 3 is 3.08 bits per heavy atom. The summed E-state index contributed by atoms with van der Waals surface area (Å²) in [6.45, 7) is 3.41. The molecule has 1 amide bonds. The number of thiophene rings is 1. The molecule has 1 aliphatic heterocycles. The van der Waals surface area contributed by atoms with Gasteiger partial charge in [0.2, 0.25) is 5.91 Å². The van der Waals surface area contributed by atoms with E-state index in [1.807, 2.05) is 4.57 Å². The maximum Gasteiger partial charge on any atom is 0.263 e. The van der Waals surface area contributed by atoms with Crippen LogP contribution in [0.1, 0.15) is 36.6 Å². The van der Waals surface area contributed by atoms with E-state index in [1.165, 1.54) is 29.1 Å². The van der Waals surface area contributed by atoms with Gasteiger partial charge >= 0.3 is 0 Å². The van der Waals surface area contributed by atoms with Gasteiger partial charge in [0.1, 0.15) is 4.83 Å². The van der Waals surface area contributed by atoms with Gasteiger partial charge in [0.15, 0.2) is 5.16 Å². The molecule has 1 atom stereocenters. The van der Waals surface area contributed by atoms with Crippen LogP contribution in [0.2, 0.25) is 0 Å². The number of carbonyl (C=O) groups is 1. The third kappa shape index (κ3) is 3.54. The fourth-order valence-corrected chi connectivity index (χ4v) is 5.86. The van der Waals surface area contributed by atoms with Crippen LogP contribution in [-0.4, -0.2) is 40.5 Å². The number of ether oxygens (including phenoxy) is 1. The molecule has 1 saturated heterocycles. The Morgan fingerprint density at radius 2 is 2.31 bits per heavy atom. The van der Waals surface area contributed by atoms with Gasteiger partial charge in [-0.25, -0.2) is 4.98 Å². The van der Waals surface area contributed by atoms with E-state index in [2.05, 4.69) is 5.32 Å². The average molecular weight is 394 g/mol. The van der Waals surface area contributed by atoms with Crippen LogP contribution in [0.25, 0.3) is 10.2 Å². The molecule has 0 radical (unpaired) electrons. The zero-order valence-corrected chi connectivity index (χ0v) is 16.5. The van der Waals surface area contributed by atoms with E-state index in [-0.39, 0.29) is 17.6 Å². The molecule has 0 bridgehead atoms. The van der Waals surface area contributed by atoms with Crippen LogP contribution in [-0.2, 0) is 28.9 Å². The van der Waals surface area contributed by atoms with Crippen molar-refractivity contribution in [3.63, 3.8) is 0 Å². The van der Waals surface area contributed by atoms with Crippen molar-refractivity contribution in [1.82, 2.24) is 14.9 Å². The van der Waals surface area contributed by atoms with E-state index < -0.39 is 0 Å². The highest BCUT2D eigenvalue weighted by atomic mass is 32.2. The number of carbonyl (C=O) groups excluding carboxylic acids is 1. The Labute approximate surface area is 160 Å². The van der Waals surface area contributed by atoms with Crippen molar-refractivity contribution >= 4 is 39.2 Å². The van der Waals surface area contributed by atoms with Crippen LogP contribution in [0.5, 0.6) is 0 Å². The van der Waals surface area contributed by atoms with Gasteiger partial charge in [0, 0.05) is 30.7 Å². The molecule has 1 N–H and O–H groups in total. The number of aryl methyl sites for hydroxylation is 2. The topological polar surface area (TPSA) is 73.2 Å². The van der Waals surface area contributed by atoms with Crippen molar-refractivity contribution in [2.45, 2.75) is 56.8 Å². The van der Waals surface area contributed by atoms with Crippen LogP contribution in [0, 0.1) is 0 Å². The van der Waals surface area contributed by atoms with Gasteiger partial charge in [-0.1, -0.05) is 11.8 Å². The molecule has 6 nitrogen and oxygen atoms in total. The summed E-state index contributed by atoms with van der Waals surface area (Å²) in [5.41, 5.74) is 1.30. The normalized spacial score (nSPS) is 19.2. The molecule has 4 rings (SSSR count). The first kappa shape index (κ1) is 18.0. The molecule has 0 spiro atoms. The number of aromatic nitrogens is 2. The molecular weight excluding hydrogens is 370 g/mol. The number of rotatable bonds is 6. The summed E-state index contributed by atoms with van der Waals surface area (Å²) >= 11 is 3.20. The van der Waals surface area contributed by atoms with E-state index in [4.69, 9.17) is 9.72 Å². The second kappa shape index (κ2) is 7.70. The molecule has 0 unspecified atom stereocenters. The molecule has 0 saturated carbocycles. The van der Waals surface area contributed by atoms with E-state index in [9.17, 15) is 9.59 Å². The molecule has 1 aliphatic carbocycles. The van der Waals surface area contributed by atoms with Gasteiger partial charge in [0.25, 0.3) is 5.56 Å². The molecule has 140 valence electrons. The first-order valence-electron chi connectivity index (χ1n) is 9.17. The lowest BCUT2D eigenvalue weighted by Crippen LogP contribution is -2.29. The molecule has 2 aromatic heterocycles. The lowest BCUT2D eigenvalue weighted by molar-refractivity contribution is -0.118. The number of hydrogen-bond acceptors (Lipinski definition) is 6. The molecule has 2 aliphatic rings. The minimum absolute atomic E-state index is 0.0413. The highest BCUT2D eigenvalue weighted by Gasteiger charge is 2.25. The third-order valence-electron chi connectivity index (χ3n) is 4.91. The summed E-state index contributed by atoms with van der Waals surface area (Å²) < 4.78 is 7.57. The van der Waals surface area contributed by atoms with E-state index >= 15 is 0 Å². The van der Waals surface area contributed by atoms with Gasteiger partial charge in [-0.3, -0.25) is 14.2 Å². The quantitative estimate of drug-likeness (QED) is 0.463. The third-order valence-corrected chi connectivity index (χ3v) is 7.07. The molecule has 1 fully saturated rings. The molecule has 0 aromatic carbocycles. The summed E-state index contributed by atoms with van der Waals surface area (Å²) in [4.78, 5) is 31.4. The average Bonchev–Trinajstić information content (AvgIpc) is 3.31. The van der Waals surface area contributed by atoms with Crippen LogP contribution >= 0.6 is 23.1 Å². The van der Waals surface area contributed by atoms with E-state index in [0.29, 0.717) is 18.8 Å². The number of hydrogen-bond donors (Lipinski definition) is 1. The highest BCUT2D eigenvalue weighted by Crippen LogP contribution is 2.35. The van der Waals surface area contributed by atoms with Crippen molar-refractivity contribution in [3.8, 4) is 0 Å². The maximum atomic E-state index is 13.3. The van der Waals surface area contributed by atoms with Crippen LogP contribution in [0.4, 0.5) is 0 Å². The Balaban J connectivity index is 1.67. The maximum absolute atomic E-state index is 13.3. The standard InChI is InChI=1S/C18H23N3O3S2/c1-11(22)19-7-9-25-18-20-16-15(13-5-2-6-14(13)26-16)17(23)21(18)10-12-4-3-8-24-12/h12H,2-10H2,1H3,(H,19,22)/t12-/m1/s1. The Kier molecular flexibility index (Phi) is 5.33. The van der Waals surface area contributed by atoms with Gasteiger partial charge in [-0.05, 0) is 37.7 Å². The van der Waals surface area contributed by atoms with E-state index in [1.54, 1.807) is 11.3 Å². The zero-order chi connectivity index (χ0) is 18.1. The lowest BCUT2D eigenvalue weighted by Gasteiger charge is -2.16. The largest absolute Gasteiger partial charge is 0.376 e. The monoisotopic (exact) mass is 393 g/mol. The SMILES string of the molecule is CC(=O)NCCSc1nc2sc3c(c2c(=O)n1C[C@H]1CCCO1)CCC3. The lowest BCUT2D eigenvalue weighted by atomic mass is 10.2. The first-order chi connectivity index (χ1) is 12.6. The van der Waals surface area contributed by atoms with Crippen LogP contribution in [0.3, 0.4) is 0 Å². The summed E-state index contributed by atoms with van der Waals surface area (Å²) in [6.07, 6.45) is 5.31. The minimum atomic E-state index is -0.0413. The number of nitrogens with zero attached hydrogens (tertiary/aromatic N) is 2. The number of thioether (sulfide) groups is 1. The van der Waals surface area contributed by atoms with Crippen LogP contribution < -0.4 is 10.9 Å². The smallest absolute Gasteiger partial charge is 0.263 e. The summed E-state index contributed by atoms with van der Waals surface area (Å²) in [5.74, 6) is 0.647. The number of fused-ring (bicyclic) bond motifs is 3. The highest BCUT2D eigenvalue weighted by molar-refractivity contribution is 7.99. The van der Waals surface area contributed by atoms with E-state index in [0.717, 1.165) is 54.1 Å². The zero-order valence-electron chi connectivity index (χ0n) is 14.9. The number of nitrogens with one attached hydrogen (secondary N) is 1. The Bertz CT molecular complexity index is 884. The molecule has 8 heteroatoms. The first-order valence-corrected chi connectivity index (χ1v) is 11.0. The van der Waals surface area contributed by atoms with Gasteiger partial charge in [-0.2, -0.15) is 0 Å². The predicted octanol–water partition coefficient (Wildman–Crippen LogP) is 2.35. The molecular formula is C18H23N3O3S2. The van der Waals surface area contributed by atoms with Crippen molar-refractivity contribution in [2.75, 3.05) is 18.9 Å². The molecule has 3 heterocycles. The van der Waals surface area contributed by atoms with Crippen molar-refractivity contribution in [2.24, 2.45) is 0 Å². The van der Waals surface area contributed by atoms with Gasteiger partial charge < -0.3 is 10.1 Å². The van der Waals surface area contributed by atoms with Gasteiger partial charge in [-0.15, -0.1) is 11.3 Å². The second-order valence-electron chi connectivity index (χ2n) is 6.81. The summed E-state index contributed by atoms with van der Waals surface area (Å²) in [7, 11) is 0. The summed E-state index contributed by atoms with van der Waals surface area (Å²) in [6, 6.07) is 0. The van der Waals surface area contributed by atoms with Crippen LogP contribution in [0.15, 0.2) is 9.95 Å². The Morgan fingerprint density at radius 1 is 1.42 bits per heavy atom. The summed E-state index contributed by atoms with van der Waals surface area (Å²) in [5, 5.41) is 4.36. The predicted molar refractivity (Wildman–Crippen MR) is 104 cm³/mol. The minimum Gasteiger partial charge on any atom is -0.376 e. The van der Waals surface area contributed by atoms with Gasteiger partial charge in [0.05, 0.1) is 18.0 Å². The Hall–Kier alpha value is -1.38. The molecule has 26 heavy (non-hydrogen) atoms. The van der Waals surface area contributed by atoms with Crippen molar-refractivity contribution < 1.29 is 9.53 Å². The molecule has 2 aromatic rings.